The van der Waals surface area contributed by atoms with E-state index in [0.717, 1.165) is 41.4 Å². The lowest BCUT2D eigenvalue weighted by atomic mass is 10.1. The third-order valence-electron chi connectivity index (χ3n) is 4.95. The first kappa shape index (κ1) is 16.6. The summed E-state index contributed by atoms with van der Waals surface area (Å²) in [7, 11) is 0. The molecule has 0 radical (unpaired) electrons. The van der Waals surface area contributed by atoms with Crippen LogP contribution in [0.5, 0.6) is 11.5 Å². The van der Waals surface area contributed by atoms with Gasteiger partial charge in [-0.1, -0.05) is 18.2 Å². The summed E-state index contributed by atoms with van der Waals surface area (Å²) < 4.78 is 7.73. The minimum atomic E-state index is -0.499. The number of para-hydroxylation sites is 1. The van der Waals surface area contributed by atoms with Crippen molar-refractivity contribution in [2.24, 2.45) is 5.73 Å². The highest BCUT2D eigenvalue weighted by Gasteiger charge is 2.25. The number of imidazole rings is 1. The van der Waals surface area contributed by atoms with Crippen LogP contribution in [-0.2, 0) is 13.0 Å². The number of primary amides is 1. The van der Waals surface area contributed by atoms with Crippen LogP contribution in [0.15, 0.2) is 54.6 Å². The highest BCUT2D eigenvalue weighted by Crippen LogP contribution is 2.30. The average molecular weight is 373 g/mol. The molecule has 0 aliphatic carbocycles. The molecule has 0 fully saturated rings. The number of carbonyl (C=O) groups excluding carboxylic acids is 1. The van der Waals surface area contributed by atoms with Crippen LogP contribution in [0.4, 0.5) is 0 Å². The summed E-state index contributed by atoms with van der Waals surface area (Å²) in [5, 5.41) is 6.62. The van der Waals surface area contributed by atoms with Gasteiger partial charge in [0.05, 0.1) is 17.1 Å². The first-order chi connectivity index (χ1) is 13.7. The molecule has 1 aliphatic rings. The number of aromatic amines is 1. The Kier molecular flexibility index (Phi) is 3.87. The molecule has 0 unspecified atom stereocenters. The number of benzene rings is 2. The number of nitrogens with zero attached hydrogens (tertiary/aromatic N) is 2. The summed E-state index contributed by atoms with van der Waals surface area (Å²) in [6.07, 6.45) is 0.846. The fourth-order valence-electron chi connectivity index (χ4n) is 3.63. The fraction of sp³-hybridized carbons (Fsp3) is 0.143. The summed E-state index contributed by atoms with van der Waals surface area (Å²) >= 11 is 0. The Labute approximate surface area is 161 Å². The minimum Gasteiger partial charge on any atom is -0.457 e. The molecule has 4 aromatic rings. The fourth-order valence-corrected chi connectivity index (χ4v) is 3.63. The van der Waals surface area contributed by atoms with Gasteiger partial charge in [0.15, 0.2) is 5.65 Å². The lowest BCUT2D eigenvalue weighted by Crippen LogP contribution is -2.24. The van der Waals surface area contributed by atoms with Gasteiger partial charge in [-0.2, -0.15) is 0 Å². The second-order valence-electron chi connectivity index (χ2n) is 6.76. The van der Waals surface area contributed by atoms with Crippen molar-refractivity contribution in [1.82, 2.24) is 19.9 Å². The molecule has 0 bridgehead atoms. The second-order valence-corrected chi connectivity index (χ2v) is 6.76. The molecule has 4 N–H and O–H groups in total. The Morgan fingerprint density at radius 2 is 1.82 bits per heavy atom. The first-order valence-corrected chi connectivity index (χ1v) is 9.17. The van der Waals surface area contributed by atoms with Crippen molar-refractivity contribution >= 4 is 11.6 Å². The number of nitrogens with two attached hydrogens (primary N) is 1. The predicted octanol–water partition coefficient (Wildman–Crippen LogP) is 2.87. The summed E-state index contributed by atoms with van der Waals surface area (Å²) in [4.78, 5) is 16.8. The second kappa shape index (κ2) is 6.54. The quantitative estimate of drug-likeness (QED) is 0.512. The van der Waals surface area contributed by atoms with E-state index in [1.807, 2.05) is 59.1 Å². The van der Waals surface area contributed by atoms with Crippen molar-refractivity contribution in [2.75, 3.05) is 6.54 Å². The highest BCUT2D eigenvalue weighted by atomic mass is 16.5. The molecule has 2 aromatic carbocycles. The van der Waals surface area contributed by atoms with E-state index < -0.39 is 5.91 Å². The molecule has 140 valence electrons. The number of hydrogen-bond donors (Lipinski definition) is 3. The molecule has 5 rings (SSSR count). The van der Waals surface area contributed by atoms with Crippen LogP contribution in [-0.4, -0.2) is 27.0 Å². The number of hydrogen-bond acceptors (Lipinski definition) is 4. The van der Waals surface area contributed by atoms with Gasteiger partial charge in [-0.25, -0.2) is 9.50 Å². The standard InChI is InChI=1S/C21H19N5O2/c22-20(27)18-19(25-26-17-10-11-23-12-16(17)24-21(18)26)13-6-8-15(9-7-13)28-14-4-2-1-3-5-14/h1-9,23,25H,10-12H2,(H2,22,27). The number of nitrogens with one attached hydrogen (secondary N) is 2. The van der Waals surface area contributed by atoms with Crippen molar-refractivity contribution in [1.29, 1.82) is 0 Å². The van der Waals surface area contributed by atoms with Gasteiger partial charge in [0.25, 0.3) is 5.91 Å². The van der Waals surface area contributed by atoms with Crippen LogP contribution in [0.2, 0.25) is 0 Å². The smallest absolute Gasteiger partial charge is 0.254 e. The molecule has 0 atom stereocenters. The lowest BCUT2D eigenvalue weighted by molar-refractivity contribution is 0.100. The van der Waals surface area contributed by atoms with Crippen LogP contribution < -0.4 is 15.8 Å². The number of carbonyl (C=O) groups is 1. The van der Waals surface area contributed by atoms with E-state index in [4.69, 9.17) is 10.5 Å². The average Bonchev–Trinajstić information content (AvgIpc) is 3.25. The molecule has 1 amide bonds. The molecule has 1 aliphatic heterocycles. The first-order valence-electron chi connectivity index (χ1n) is 9.17. The van der Waals surface area contributed by atoms with Crippen molar-refractivity contribution in [3.63, 3.8) is 0 Å². The molecule has 0 saturated carbocycles. The Morgan fingerprint density at radius 1 is 1.07 bits per heavy atom. The van der Waals surface area contributed by atoms with Gasteiger partial charge in [-0.05, 0) is 36.4 Å². The molecule has 7 nitrogen and oxygen atoms in total. The van der Waals surface area contributed by atoms with Crippen LogP contribution in [0, 0.1) is 0 Å². The maximum Gasteiger partial charge on any atom is 0.254 e. The maximum atomic E-state index is 12.2. The van der Waals surface area contributed by atoms with E-state index in [1.54, 1.807) is 0 Å². The van der Waals surface area contributed by atoms with Crippen molar-refractivity contribution in [2.45, 2.75) is 13.0 Å². The number of amides is 1. The van der Waals surface area contributed by atoms with Crippen molar-refractivity contribution in [3.8, 4) is 22.8 Å². The van der Waals surface area contributed by atoms with E-state index in [0.29, 0.717) is 23.4 Å². The monoisotopic (exact) mass is 373 g/mol. The molecule has 0 saturated heterocycles. The van der Waals surface area contributed by atoms with Gasteiger partial charge >= 0.3 is 0 Å². The predicted molar refractivity (Wildman–Crippen MR) is 105 cm³/mol. The SMILES string of the molecule is NC(=O)c1c(-c2ccc(Oc3ccccc3)cc2)[nH]n2c3c(nc12)CNCC3. The van der Waals surface area contributed by atoms with E-state index in [9.17, 15) is 4.79 Å². The van der Waals surface area contributed by atoms with Crippen LogP contribution in [0.3, 0.4) is 0 Å². The summed E-state index contributed by atoms with van der Waals surface area (Å²) in [5.74, 6) is 0.989. The van der Waals surface area contributed by atoms with Gasteiger partial charge < -0.3 is 15.8 Å². The van der Waals surface area contributed by atoms with Gasteiger partial charge in [0.2, 0.25) is 0 Å². The number of ether oxygens (including phenoxy) is 1. The molecule has 28 heavy (non-hydrogen) atoms. The van der Waals surface area contributed by atoms with E-state index in [-0.39, 0.29) is 0 Å². The molecular formula is C21H19N5O2. The molecule has 7 heteroatoms. The number of rotatable bonds is 4. The Hall–Kier alpha value is -3.58. The number of fused-ring (bicyclic) bond motifs is 3. The largest absolute Gasteiger partial charge is 0.457 e. The van der Waals surface area contributed by atoms with E-state index in [1.165, 1.54) is 0 Å². The third kappa shape index (κ3) is 2.73. The maximum absolute atomic E-state index is 12.2. The van der Waals surface area contributed by atoms with Crippen LogP contribution in [0.1, 0.15) is 21.7 Å². The van der Waals surface area contributed by atoms with Gasteiger partial charge in [0.1, 0.15) is 17.1 Å². The topological polar surface area (TPSA) is 97.4 Å². The zero-order valence-electron chi connectivity index (χ0n) is 15.1. The van der Waals surface area contributed by atoms with Gasteiger partial charge in [0, 0.05) is 25.1 Å². The van der Waals surface area contributed by atoms with Gasteiger partial charge in [-0.3, -0.25) is 9.89 Å². The summed E-state index contributed by atoms with van der Waals surface area (Å²) in [5.41, 5.74) is 10.3. The Bertz CT molecular complexity index is 1160. The highest BCUT2D eigenvalue weighted by molar-refractivity contribution is 6.04. The number of aromatic nitrogens is 3. The lowest BCUT2D eigenvalue weighted by Gasteiger charge is -2.11. The van der Waals surface area contributed by atoms with Crippen molar-refractivity contribution in [3.05, 3.63) is 71.5 Å². The third-order valence-corrected chi connectivity index (χ3v) is 4.95. The zero-order chi connectivity index (χ0) is 19.1. The minimum absolute atomic E-state index is 0.408. The van der Waals surface area contributed by atoms with Gasteiger partial charge in [-0.15, -0.1) is 0 Å². The van der Waals surface area contributed by atoms with Crippen LogP contribution in [0.25, 0.3) is 16.9 Å². The zero-order valence-corrected chi connectivity index (χ0v) is 15.1. The van der Waals surface area contributed by atoms with Crippen molar-refractivity contribution < 1.29 is 9.53 Å². The molecule has 2 aromatic heterocycles. The summed E-state index contributed by atoms with van der Waals surface area (Å²) in [6, 6.07) is 17.1. The molecular weight excluding hydrogens is 354 g/mol. The molecule has 3 heterocycles. The van der Waals surface area contributed by atoms with Crippen LogP contribution >= 0.6 is 0 Å². The van der Waals surface area contributed by atoms with E-state index >= 15 is 0 Å². The Morgan fingerprint density at radius 3 is 2.57 bits per heavy atom. The Balaban J connectivity index is 1.54. The van der Waals surface area contributed by atoms with E-state index in [2.05, 4.69) is 15.4 Å². The molecule has 0 spiro atoms. The normalized spacial score (nSPS) is 13.4. The number of H-pyrrole nitrogens is 1. The summed E-state index contributed by atoms with van der Waals surface area (Å²) in [6.45, 7) is 1.58.